The molecule has 1 amide bonds. The topological polar surface area (TPSA) is 76.1 Å². The van der Waals surface area contributed by atoms with Crippen molar-refractivity contribution in [2.24, 2.45) is 0 Å². The molecule has 1 saturated heterocycles. The molecule has 0 spiro atoms. The van der Waals surface area contributed by atoms with E-state index in [9.17, 15) is 14.7 Å². The van der Waals surface area contributed by atoms with Crippen LogP contribution in [0.4, 0.5) is 4.79 Å². The van der Waals surface area contributed by atoms with Crippen LogP contribution in [-0.4, -0.2) is 47.9 Å². The first-order valence-corrected chi connectivity index (χ1v) is 13.9. The lowest BCUT2D eigenvalue weighted by molar-refractivity contribution is -0.0199. The van der Waals surface area contributed by atoms with Gasteiger partial charge in [0.1, 0.15) is 0 Å². The van der Waals surface area contributed by atoms with E-state index in [1.54, 1.807) is 18.2 Å². The molecule has 2 atom stereocenters. The number of ether oxygens (including phenoxy) is 2. The van der Waals surface area contributed by atoms with Gasteiger partial charge in [-0.05, 0) is 52.1 Å². The Morgan fingerprint density at radius 1 is 0.875 bits per heavy atom. The summed E-state index contributed by atoms with van der Waals surface area (Å²) in [6.07, 6.45) is 0.00161. The quantitative estimate of drug-likeness (QED) is 0.218. The van der Waals surface area contributed by atoms with Gasteiger partial charge in [-0.2, -0.15) is 0 Å². The standard InChI is InChI=1S/C32H29Cl2NO5/c33-27-6-3-7-28(34)30(27)31(36)39-17-15-21-8-12-24(13-9-21)26-14-16-35(32(37)38)19-29(26)40-20-22-10-11-23-4-1-2-5-25(23)18-22/h1-13,18,26,29H,14-17,19-20H2,(H,37,38). The van der Waals surface area contributed by atoms with Gasteiger partial charge < -0.3 is 19.5 Å². The summed E-state index contributed by atoms with van der Waals surface area (Å²) in [4.78, 5) is 25.6. The van der Waals surface area contributed by atoms with Gasteiger partial charge in [-0.1, -0.05) is 89.9 Å². The van der Waals surface area contributed by atoms with Crippen LogP contribution >= 0.6 is 23.2 Å². The number of hydrogen-bond acceptors (Lipinski definition) is 4. The monoisotopic (exact) mass is 577 g/mol. The first-order chi connectivity index (χ1) is 19.4. The highest BCUT2D eigenvalue weighted by molar-refractivity contribution is 6.39. The Morgan fingerprint density at radius 3 is 2.30 bits per heavy atom. The summed E-state index contributed by atoms with van der Waals surface area (Å²) in [7, 11) is 0. The maximum Gasteiger partial charge on any atom is 0.407 e. The van der Waals surface area contributed by atoms with Crippen LogP contribution in [0.3, 0.4) is 0 Å². The number of halogens is 2. The molecule has 6 nitrogen and oxygen atoms in total. The second-order valence-electron chi connectivity index (χ2n) is 9.88. The van der Waals surface area contributed by atoms with Crippen LogP contribution in [0.1, 0.15) is 39.4 Å². The number of hydrogen-bond donors (Lipinski definition) is 1. The summed E-state index contributed by atoms with van der Waals surface area (Å²) >= 11 is 12.2. The number of amides is 1. The van der Waals surface area contributed by atoms with Crippen molar-refractivity contribution < 1.29 is 24.2 Å². The van der Waals surface area contributed by atoms with Gasteiger partial charge in [0.15, 0.2) is 0 Å². The zero-order chi connectivity index (χ0) is 28.1. The van der Waals surface area contributed by atoms with Crippen LogP contribution in [-0.2, 0) is 22.5 Å². The van der Waals surface area contributed by atoms with E-state index < -0.39 is 12.1 Å². The van der Waals surface area contributed by atoms with Crippen LogP contribution in [0.25, 0.3) is 10.8 Å². The molecule has 1 N–H and O–H groups in total. The fraction of sp³-hybridized carbons (Fsp3) is 0.250. The Bertz CT molecular complexity index is 1490. The largest absolute Gasteiger partial charge is 0.465 e. The minimum atomic E-state index is -0.930. The highest BCUT2D eigenvalue weighted by Gasteiger charge is 2.33. The predicted molar refractivity (Wildman–Crippen MR) is 156 cm³/mol. The minimum absolute atomic E-state index is 0.0605. The molecule has 206 valence electrons. The van der Waals surface area contributed by atoms with Crippen LogP contribution in [0.15, 0.2) is 84.9 Å². The number of piperidine rings is 1. The molecule has 0 aliphatic carbocycles. The van der Waals surface area contributed by atoms with E-state index in [4.69, 9.17) is 32.7 Å². The Labute approximate surface area is 243 Å². The van der Waals surface area contributed by atoms with Gasteiger partial charge >= 0.3 is 12.1 Å². The van der Waals surface area contributed by atoms with E-state index in [2.05, 4.69) is 42.5 Å². The molecule has 1 aliphatic heterocycles. The van der Waals surface area contributed by atoms with Crippen molar-refractivity contribution in [1.82, 2.24) is 4.90 Å². The Kier molecular flexibility index (Phi) is 8.90. The molecule has 0 bridgehead atoms. The summed E-state index contributed by atoms with van der Waals surface area (Å²) in [5, 5.41) is 12.4. The molecule has 0 aromatic heterocycles. The molecule has 0 radical (unpaired) electrons. The number of carbonyl (C=O) groups excluding carboxylic acids is 1. The first kappa shape index (κ1) is 28.0. The summed E-state index contributed by atoms with van der Waals surface area (Å²) in [5.74, 6) is -0.492. The average Bonchev–Trinajstić information content (AvgIpc) is 2.96. The van der Waals surface area contributed by atoms with E-state index >= 15 is 0 Å². The van der Waals surface area contributed by atoms with Crippen molar-refractivity contribution >= 4 is 46.0 Å². The number of fused-ring (bicyclic) bond motifs is 1. The summed E-state index contributed by atoms with van der Waals surface area (Å²) < 4.78 is 11.8. The number of benzene rings is 4. The SMILES string of the molecule is O=C(OCCc1ccc(C2CCN(C(=O)O)CC2OCc2ccc3ccccc3c2)cc1)c1c(Cl)cccc1Cl. The van der Waals surface area contributed by atoms with Gasteiger partial charge in [0, 0.05) is 18.9 Å². The molecule has 4 aromatic rings. The van der Waals surface area contributed by atoms with Crippen molar-refractivity contribution in [2.75, 3.05) is 19.7 Å². The molecular formula is C32H29Cl2NO5. The summed E-state index contributed by atoms with van der Waals surface area (Å²) in [5.41, 5.74) is 3.33. The Morgan fingerprint density at radius 2 is 1.57 bits per heavy atom. The van der Waals surface area contributed by atoms with E-state index in [0.29, 0.717) is 32.5 Å². The molecule has 2 unspecified atom stereocenters. The van der Waals surface area contributed by atoms with Gasteiger partial charge in [0.25, 0.3) is 0 Å². The lowest BCUT2D eigenvalue weighted by Gasteiger charge is -2.37. The zero-order valence-corrected chi connectivity index (χ0v) is 23.3. The molecule has 40 heavy (non-hydrogen) atoms. The number of likely N-dealkylation sites (tertiary alicyclic amines) is 1. The second kappa shape index (κ2) is 12.7. The third-order valence-electron chi connectivity index (χ3n) is 7.31. The maximum atomic E-state index is 12.4. The van der Waals surface area contributed by atoms with E-state index in [0.717, 1.165) is 22.1 Å². The first-order valence-electron chi connectivity index (χ1n) is 13.2. The lowest BCUT2D eigenvalue weighted by atomic mass is 9.86. The molecular weight excluding hydrogens is 549 g/mol. The lowest BCUT2D eigenvalue weighted by Crippen LogP contribution is -2.46. The summed E-state index contributed by atoms with van der Waals surface area (Å²) in [6, 6.07) is 27.4. The maximum absolute atomic E-state index is 12.4. The fourth-order valence-corrected chi connectivity index (χ4v) is 5.68. The third kappa shape index (κ3) is 6.58. The van der Waals surface area contributed by atoms with Crippen molar-refractivity contribution in [2.45, 2.75) is 31.5 Å². The summed E-state index contributed by atoms with van der Waals surface area (Å²) in [6.45, 7) is 1.36. The van der Waals surface area contributed by atoms with Crippen molar-refractivity contribution in [3.8, 4) is 0 Å². The molecule has 0 saturated carbocycles. The highest BCUT2D eigenvalue weighted by Crippen LogP contribution is 2.32. The molecule has 5 rings (SSSR count). The minimum Gasteiger partial charge on any atom is -0.465 e. The number of carbonyl (C=O) groups is 2. The van der Waals surface area contributed by atoms with Gasteiger partial charge in [-0.15, -0.1) is 0 Å². The highest BCUT2D eigenvalue weighted by atomic mass is 35.5. The number of esters is 1. The van der Waals surface area contributed by atoms with Crippen molar-refractivity contribution in [3.63, 3.8) is 0 Å². The van der Waals surface area contributed by atoms with Crippen molar-refractivity contribution in [1.29, 1.82) is 0 Å². The van der Waals surface area contributed by atoms with E-state index in [-0.39, 0.29) is 34.2 Å². The molecule has 1 heterocycles. The van der Waals surface area contributed by atoms with Crippen LogP contribution in [0.5, 0.6) is 0 Å². The number of carboxylic acid groups (broad SMARTS) is 1. The normalized spacial score (nSPS) is 17.1. The Balaban J connectivity index is 1.22. The second-order valence-corrected chi connectivity index (χ2v) is 10.7. The van der Waals surface area contributed by atoms with Gasteiger partial charge in [-0.3, -0.25) is 0 Å². The smallest absolute Gasteiger partial charge is 0.407 e. The van der Waals surface area contributed by atoms with E-state index in [1.165, 1.54) is 10.3 Å². The van der Waals surface area contributed by atoms with E-state index in [1.807, 2.05) is 24.3 Å². The molecule has 4 aromatic carbocycles. The average molecular weight is 578 g/mol. The molecule has 1 aliphatic rings. The van der Waals surface area contributed by atoms with Crippen LogP contribution in [0.2, 0.25) is 10.0 Å². The molecule has 1 fully saturated rings. The van der Waals surface area contributed by atoms with Gasteiger partial charge in [0.2, 0.25) is 0 Å². The molecule has 8 heteroatoms. The predicted octanol–water partition coefficient (Wildman–Crippen LogP) is 7.60. The van der Waals surface area contributed by atoms with Gasteiger partial charge in [0.05, 0.1) is 41.5 Å². The van der Waals surface area contributed by atoms with Gasteiger partial charge in [-0.25, -0.2) is 9.59 Å². The fourth-order valence-electron chi connectivity index (χ4n) is 5.13. The van der Waals surface area contributed by atoms with Crippen molar-refractivity contribution in [3.05, 3.63) is 117 Å². The Hall–Kier alpha value is -3.58. The zero-order valence-electron chi connectivity index (χ0n) is 21.8. The van der Waals surface area contributed by atoms with Crippen LogP contribution in [0, 0.1) is 0 Å². The number of nitrogens with zero attached hydrogens (tertiary/aromatic N) is 1. The van der Waals surface area contributed by atoms with Crippen LogP contribution < -0.4 is 0 Å². The number of rotatable bonds is 8. The third-order valence-corrected chi connectivity index (χ3v) is 7.94.